The normalized spacial score (nSPS) is 12.0. The Morgan fingerprint density at radius 1 is 1.13 bits per heavy atom. The standard InChI is InChI=1S/C20H25N5O5S/c1-5-24(6-2)31(29,30)18-10-11-19(20(13-18)25(27)28)23-22-14(3)16-8-7-9-17(12-16)21-15(4)26/h7-13,23H,5-6H2,1-4H3,(H,21,26). The van der Waals surface area contributed by atoms with Gasteiger partial charge in [0, 0.05) is 31.8 Å². The van der Waals surface area contributed by atoms with E-state index in [-0.39, 0.29) is 29.6 Å². The average Bonchev–Trinajstić information content (AvgIpc) is 2.72. The van der Waals surface area contributed by atoms with Gasteiger partial charge in [0.15, 0.2) is 0 Å². The number of nitro groups is 1. The Labute approximate surface area is 181 Å². The van der Waals surface area contributed by atoms with Crippen LogP contribution < -0.4 is 10.7 Å². The van der Waals surface area contributed by atoms with Crippen LogP contribution in [0.5, 0.6) is 0 Å². The molecule has 0 saturated heterocycles. The van der Waals surface area contributed by atoms with E-state index in [9.17, 15) is 23.3 Å². The Bertz CT molecular complexity index is 1110. The molecule has 0 bridgehead atoms. The summed E-state index contributed by atoms with van der Waals surface area (Å²) in [5.74, 6) is -0.208. The lowest BCUT2D eigenvalue weighted by Gasteiger charge is -2.18. The minimum atomic E-state index is -3.83. The number of nitrogens with one attached hydrogen (secondary N) is 2. The van der Waals surface area contributed by atoms with E-state index in [1.165, 1.54) is 23.4 Å². The molecule has 2 rings (SSSR count). The van der Waals surface area contributed by atoms with Gasteiger partial charge in [-0.1, -0.05) is 26.0 Å². The number of rotatable bonds is 9. The first kappa shape index (κ1) is 24.0. The van der Waals surface area contributed by atoms with Gasteiger partial charge in [-0.15, -0.1) is 0 Å². The van der Waals surface area contributed by atoms with E-state index in [4.69, 9.17) is 0 Å². The van der Waals surface area contributed by atoms with Crippen molar-refractivity contribution in [2.24, 2.45) is 5.10 Å². The zero-order chi connectivity index (χ0) is 23.2. The van der Waals surface area contributed by atoms with E-state index in [0.717, 1.165) is 6.07 Å². The van der Waals surface area contributed by atoms with Crippen LogP contribution in [0.4, 0.5) is 17.1 Å². The van der Waals surface area contributed by atoms with Gasteiger partial charge in [0.2, 0.25) is 15.9 Å². The first-order valence-corrected chi connectivity index (χ1v) is 11.0. The van der Waals surface area contributed by atoms with Gasteiger partial charge in [-0.25, -0.2) is 8.42 Å². The van der Waals surface area contributed by atoms with Crippen molar-refractivity contribution in [1.29, 1.82) is 0 Å². The molecule has 0 aliphatic rings. The maximum Gasteiger partial charge on any atom is 0.295 e. The molecule has 0 spiro atoms. The highest BCUT2D eigenvalue weighted by Gasteiger charge is 2.25. The SMILES string of the molecule is CCN(CC)S(=O)(=O)c1ccc(NN=C(C)c2cccc(NC(C)=O)c2)c([N+](=O)[O-])c1. The van der Waals surface area contributed by atoms with Gasteiger partial charge in [0.25, 0.3) is 5.69 Å². The van der Waals surface area contributed by atoms with Gasteiger partial charge >= 0.3 is 0 Å². The lowest BCUT2D eigenvalue weighted by atomic mass is 10.1. The summed E-state index contributed by atoms with van der Waals surface area (Å²) in [4.78, 5) is 21.9. The second-order valence-electron chi connectivity index (χ2n) is 6.60. The van der Waals surface area contributed by atoms with E-state index in [1.54, 1.807) is 45.0 Å². The molecule has 1 amide bonds. The lowest BCUT2D eigenvalue weighted by Crippen LogP contribution is -2.30. The molecular weight excluding hydrogens is 422 g/mol. The van der Waals surface area contributed by atoms with Crippen LogP contribution in [-0.4, -0.2) is 42.4 Å². The molecule has 2 aromatic rings. The second kappa shape index (κ2) is 10.1. The number of anilines is 2. The van der Waals surface area contributed by atoms with Crippen LogP contribution in [0, 0.1) is 10.1 Å². The van der Waals surface area contributed by atoms with Gasteiger partial charge in [-0.2, -0.15) is 9.41 Å². The summed E-state index contributed by atoms with van der Waals surface area (Å²) in [5, 5.41) is 18.4. The molecule has 166 valence electrons. The van der Waals surface area contributed by atoms with E-state index in [1.807, 2.05) is 0 Å². The molecule has 0 heterocycles. The van der Waals surface area contributed by atoms with E-state index < -0.39 is 20.6 Å². The molecule has 0 unspecified atom stereocenters. The van der Waals surface area contributed by atoms with E-state index in [2.05, 4.69) is 15.8 Å². The molecule has 0 radical (unpaired) electrons. The minimum Gasteiger partial charge on any atom is -0.326 e. The first-order valence-electron chi connectivity index (χ1n) is 9.57. The molecule has 0 atom stereocenters. The third kappa shape index (κ3) is 5.86. The quantitative estimate of drug-likeness (QED) is 0.344. The summed E-state index contributed by atoms with van der Waals surface area (Å²) in [6.07, 6.45) is 0. The molecule has 0 saturated carbocycles. The summed E-state index contributed by atoms with van der Waals surface area (Å²) in [7, 11) is -3.83. The summed E-state index contributed by atoms with van der Waals surface area (Å²) in [6.45, 7) is 7.01. The van der Waals surface area contributed by atoms with Crippen LogP contribution in [0.2, 0.25) is 0 Å². The van der Waals surface area contributed by atoms with Gasteiger partial charge < -0.3 is 5.32 Å². The van der Waals surface area contributed by atoms with Crippen LogP contribution in [0.25, 0.3) is 0 Å². The molecule has 2 N–H and O–H groups in total. The number of benzene rings is 2. The fourth-order valence-corrected chi connectivity index (χ4v) is 4.34. The number of nitrogens with zero attached hydrogens (tertiary/aromatic N) is 3. The highest BCUT2D eigenvalue weighted by molar-refractivity contribution is 7.89. The third-order valence-corrected chi connectivity index (χ3v) is 6.50. The van der Waals surface area contributed by atoms with Gasteiger partial charge in [-0.3, -0.25) is 20.3 Å². The number of hydrogen-bond donors (Lipinski definition) is 2. The van der Waals surface area contributed by atoms with Crippen molar-refractivity contribution in [2.45, 2.75) is 32.6 Å². The van der Waals surface area contributed by atoms with Gasteiger partial charge in [0.1, 0.15) is 5.69 Å². The molecule has 0 aromatic heterocycles. The second-order valence-corrected chi connectivity index (χ2v) is 8.53. The number of sulfonamides is 1. The maximum absolute atomic E-state index is 12.7. The maximum atomic E-state index is 12.7. The predicted molar refractivity (Wildman–Crippen MR) is 120 cm³/mol. The summed E-state index contributed by atoms with van der Waals surface area (Å²) in [5.41, 5.74) is 4.10. The van der Waals surface area contributed by atoms with Crippen LogP contribution in [0.15, 0.2) is 52.5 Å². The van der Waals surface area contributed by atoms with Crippen LogP contribution in [0.3, 0.4) is 0 Å². The Kier molecular flexibility index (Phi) is 7.83. The lowest BCUT2D eigenvalue weighted by molar-refractivity contribution is -0.384. The van der Waals surface area contributed by atoms with Gasteiger partial charge in [-0.05, 0) is 36.8 Å². The number of hydrogen-bond acceptors (Lipinski definition) is 7. The van der Waals surface area contributed by atoms with Crippen molar-refractivity contribution in [3.05, 3.63) is 58.1 Å². The van der Waals surface area contributed by atoms with Crippen LogP contribution >= 0.6 is 0 Å². The predicted octanol–water partition coefficient (Wildman–Crippen LogP) is 3.42. The fraction of sp³-hybridized carbons (Fsp3) is 0.300. The number of amides is 1. The average molecular weight is 448 g/mol. The van der Waals surface area contributed by atoms with Crippen molar-refractivity contribution in [3.8, 4) is 0 Å². The summed E-state index contributed by atoms with van der Waals surface area (Å²) < 4.78 is 26.6. The smallest absolute Gasteiger partial charge is 0.295 e. The third-order valence-electron chi connectivity index (χ3n) is 4.45. The zero-order valence-electron chi connectivity index (χ0n) is 17.7. The molecule has 0 aliphatic carbocycles. The molecule has 31 heavy (non-hydrogen) atoms. The fourth-order valence-electron chi connectivity index (χ4n) is 2.86. The van der Waals surface area contributed by atoms with Crippen LogP contribution in [-0.2, 0) is 14.8 Å². The Balaban J connectivity index is 2.35. The van der Waals surface area contributed by atoms with E-state index in [0.29, 0.717) is 17.0 Å². The molecule has 10 nitrogen and oxygen atoms in total. The first-order chi connectivity index (χ1) is 14.6. The highest BCUT2D eigenvalue weighted by atomic mass is 32.2. The number of carbonyl (C=O) groups is 1. The Hall–Kier alpha value is -3.31. The van der Waals surface area contributed by atoms with E-state index >= 15 is 0 Å². The van der Waals surface area contributed by atoms with Crippen molar-refractivity contribution in [1.82, 2.24) is 4.31 Å². The summed E-state index contributed by atoms with van der Waals surface area (Å²) >= 11 is 0. The Morgan fingerprint density at radius 2 is 1.81 bits per heavy atom. The van der Waals surface area contributed by atoms with Crippen molar-refractivity contribution < 1.29 is 18.1 Å². The number of carbonyl (C=O) groups excluding carboxylic acids is 1. The molecule has 2 aromatic carbocycles. The molecule has 0 aliphatic heterocycles. The molecule has 11 heteroatoms. The molecule has 0 fully saturated rings. The topological polar surface area (TPSA) is 134 Å². The monoisotopic (exact) mass is 447 g/mol. The van der Waals surface area contributed by atoms with Gasteiger partial charge in [0.05, 0.1) is 15.5 Å². The molecular formula is C20H25N5O5S. The van der Waals surface area contributed by atoms with Crippen molar-refractivity contribution in [2.75, 3.05) is 23.8 Å². The van der Waals surface area contributed by atoms with Crippen molar-refractivity contribution in [3.63, 3.8) is 0 Å². The summed E-state index contributed by atoms with van der Waals surface area (Å²) in [6, 6.07) is 10.6. The number of hydrazone groups is 1. The zero-order valence-corrected chi connectivity index (χ0v) is 18.6. The van der Waals surface area contributed by atoms with Crippen LogP contribution in [0.1, 0.15) is 33.3 Å². The number of nitro benzene ring substituents is 1. The van der Waals surface area contributed by atoms with Crippen molar-refractivity contribution >= 4 is 38.7 Å². The Morgan fingerprint density at radius 3 is 2.39 bits per heavy atom. The highest BCUT2D eigenvalue weighted by Crippen LogP contribution is 2.29. The largest absolute Gasteiger partial charge is 0.326 e. The minimum absolute atomic E-state index is 0.0564.